The van der Waals surface area contributed by atoms with Crippen molar-refractivity contribution in [3.63, 3.8) is 0 Å². The zero-order valence-electron chi connectivity index (χ0n) is 20.0. The van der Waals surface area contributed by atoms with Gasteiger partial charge in [-0.2, -0.15) is 5.09 Å². The Kier molecular flexibility index (Phi) is 8.85. The molecule has 2 heterocycles. The summed E-state index contributed by atoms with van der Waals surface area (Å²) in [5.74, 6) is -0.535. The molecular weight excluding hydrogens is 500 g/mol. The van der Waals surface area contributed by atoms with Gasteiger partial charge in [0.25, 0.3) is 5.56 Å². The molecule has 0 bridgehead atoms. The highest BCUT2D eigenvalue weighted by atomic mass is 31.2. The highest BCUT2D eigenvalue weighted by Crippen LogP contribution is 2.47. The predicted octanol–water partition coefficient (Wildman–Crippen LogP) is 1.66. The normalized spacial score (nSPS) is 26.2. The zero-order chi connectivity index (χ0) is 26.5. The van der Waals surface area contributed by atoms with E-state index in [-0.39, 0.29) is 12.4 Å². The van der Waals surface area contributed by atoms with Crippen LogP contribution < -0.4 is 20.9 Å². The van der Waals surface area contributed by atoms with Crippen molar-refractivity contribution >= 4 is 13.7 Å². The molecule has 1 aliphatic rings. The molecule has 0 spiro atoms. The highest BCUT2D eigenvalue weighted by Gasteiger charge is 2.55. The van der Waals surface area contributed by atoms with Crippen molar-refractivity contribution in [2.45, 2.75) is 57.3 Å². The molecule has 0 aliphatic carbocycles. The van der Waals surface area contributed by atoms with Crippen LogP contribution in [0.25, 0.3) is 0 Å². The number of halogens is 1. The smallest absolute Gasteiger partial charge is 0.459 e. The van der Waals surface area contributed by atoms with Gasteiger partial charge in [0, 0.05) is 12.3 Å². The first-order chi connectivity index (χ1) is 17.0. The first-order valence-corrected chi connectivity index (χ1v) is 12.8. The van der Waals surface area contributed by atoms with Crippen LogP contribution >= 0.6 is 7.75 Å². The molecule has 0 amide bonds. The van der Waals surface area contributed by atoms with Gasteiger partial charge in [-0.3, -0.25) is 23.7 Å². The number of aromatic amines is 1. The molecule has 2 aromatic rings. The van der Waals surface area contributed by atoms with E-state index in [0.717, 1.165) is 23.8 Å². The quantitative estimate of drug-likeness (QED) is 0.289. The third-order valence-electron chi connectivity index (χ3n) is 5.35. The number of carbonyl (C=O) groups is 1. The molecule has 6 atom stereocenters. The monoisotopic (exact) mass is 529 g/mol. The molecule has 2 unspecified atom stereocenters. The first kappa shape index (κ1) is 27.8. The lowest BCUT2D eigenvalue weighted by Crippen LogP contribution is -2.43. The number of benzene rings is 1. The molecule has 14 heteroatoms. The molecule has 1 fully saturated rings. The third kappa shape index (κ3) is 6.48. The number of hydrogen-bond acceptors (Lipinski definition) is 9. The molecule has 0 saturated carbocycles. The zero-order valence-corrected chi connectivity index (χ0v) is 20.9. The van der Waals surface area contributed by atoms with Crippen LogP contribution in [-0.4, -0.2) is 57.8 Å². The minimum absolute atomic E-state index is 0.156. The van der Waals surface area contributed by atoms with Crippen LogP contribution in [0.1, 0.15) is 33.4 Å². The topological polar surface area (TPSA) is 158 Å². The van der Waals surface area contributed by atoms with E-state index in [1.54, 1.807) is 18.2 Å². The molecule has 12 nitrogen and oxygen atoms in total. The first-order valence-electron chi connectivity index (χ1n) is 11.2. The van der Waals surface area contributed by atoms with Crippen molar-refractivity contribution in [2.24, 2.45) is 0 Å². The van der Waals surface area contributed by atoms with Crippen molar-refractivity contribution in [2.75, 3.05) is 13.2 Å². The molecule has 1 aliphatic heterocycles. The maximum absolute atomic E-state index is 15.4. The number of esters is 1. The Hall–Kier alpha value is -2.83. The fourth-order valence-corrected chi connectivity index (χ4v) is 4.96. The number of nitrogens with zero attached hydrogens (tertiary/aromatic N) is 1. The molecule has 36 heavy (non-hydrogen) atoms. The number of aromatic nitrogens is 2. The summed E-state index contributed by atoms with van der Waals surface area (Å²) >= 11 is 0. The van der Waals surface area contributed by atoms with Gasteiger partial charge in [-0.25, -0.2) is 13.8 Å². The number of aliphatic hydroxyl groups is 1. The van der Waals surface area contributed by atoms with E-state index >= 15 is 4.39 Å². The molecule has 0 radical (unpaired) electrons. The van der Waals surface area contributed by atoms with Gasteiger partial charge in [0.1, 0.15) is 24.0 Å². The number of carbonyl (C=O) groups excluding carboxylic acids is 1. The van der Waals surface area contributed by atoms with Crippen molar-refractivity contribution in [3.8, 4) is 5.75 Å². The van der Waals surface area contributed by atoms with Crippen LogP contribution in [0.15, 0.2) is 52.2 Å². The van der Waals surface area contributed by atoms with Gasteiger partial charge in [-0.1, -0.05) is 25.1 Å². The van der Waals surface area contributed by atoms with E-state index in [9.17, 15) is 24.1 Å². The predicted molar refractivity (Wildman–Crippen MR) is 125 cm³/mol. The Morgan fingerprint density at radius 2 is 2.03 bits per heavy atom. The number of aliphatic hydroxyl groups excluding tert-OH is 1. The molecule has 1 aromatic heterocycles. The lowest BCUT2D eigenvalue weighted by atomic mass is 9.98. The molecule has 3 rings (SSSR count). The van der Waals surface area contributed by atoms with Crippen LogP contribution in [0.5, 0.6) is 5.75 Å². The van der Waals surface area contributed by atoms with Crippen molar-refractivity contribution in [3.05, 3.63) is 63.4 Å². The lowest BCUT2D eigenvalue weighted by molar-refractivity contribution is -0.145. The standard InChI is InChI=1S/C22H29FN3O9P/c1-4-12-32-19(29)14(2)25-36(31,35-15-8-6-5-7-9-15)33-13-16-18(28)22(3,23)20(34-16)26-11-10-17(27)24-21(26)30/h5-11,14,16,18,20,28H,4,12-13H2,1-3H3,(H,25,31)(H,24,27,30)/t14-,16?,18+,20?,22+,36-/m0/s1. The van der Waals surface area contributed by atoms with Crippen LogP contribution in [-0.2, 0) is 23.4 Å². The van der Waals surface area contributed by atoms with Crippen LogP contribution in [0.4, 0.5) is 4.39 Å². The van der Waals surface area contributed by atoms with Gasteiger partial charge in [0.15, 0.2) is 11.9 Å². The van der Waals surface area contributed by atoms with E-state index in [2.05, 4.69) is 5.09 Å². The van der Waals surface area contributed by atoms with Crippen LogP contribution in [0, 0.1) is 0 Å². The number of rotatable bonds is 11. The van der Waals surface area contributed by atoms with Gasteiger partial charge in [-0.05, 0) is 32.4 Å². The summed E-state index contributed by atoms with van der Waals surface area (Å²) in [6, 6.07) is 7.89. The van der Waals surface area contributed by atoms with E-state index < -0.39 is 61.7 Å². The number of H-pyrrole nitrogens is 1. The summed E-state index contributed by atoms with van der Waals surface area (Å²) in [5, 5.41) is 13.0. The summed E-state index contributed by atoms with van der Waals surface area (Å²) in [7, 11) is -4.29. The Bertz CT molecular complexity index is 1200. The fraction of sp³-hybridized carbons (Fsp3) is 0.500. The highest BCUT2D eigenvalue weighted by molar-refractivity contribution is 7.52. The molecule has 3 N–H and O–H groups in total. The summed E-state index contributed by atoms with van der Waals surface area (Å²) in [6.45, 7) is 3.77. The van der Waals surface area contributed by atoms with E-state index in [1.807, 2.05) is 11.9 Å². The van der Waals surface area contributed by atoms with E-state index in [1.165, 1.54) is 19.1 Å². The van der Waals surface area contributed by atoms with E-state index in [0.29, 0.717) is 6.42 Å². The number of para-hydroxylation sites is 1. The maximum Gasteiger partial charge on any atom is 0.459 e. The van der Waals surface area contributed by atoms with Gasteiger partial charge >= 0.3 is 19.4 Å². The SMILES string of the molecule is CCCOC(=O)[C@H](C)N[P@](=O)(OCC1OC(n2ccc(=O)[nH]c2=O)[C@](C)(F)[C@@H]1O)Oc1ccccc1. The Balaban J connectivity index is 1.78. The Morgan fingerprint density at radius 1 is 1.33 bits per heavy atom. The second-order valence-electron chi connectivity index (χ2n) is 8.36. The maximum atomic E-state index is 15.4. The summed E-state index contributed by atoms with van der Waals surface area (Å²) in [5.41, 5.74) is -4.11. The minimum atomic E-state index is -4.29. The lowest BCUT2D eigenvalue weighted by Gasteiger charge is -2.25. The second-order valence-corrected chi connectivity index (χ2v) is 10.1. The number of ether oxygens (including phenoxy) is 2. The molecule has 198 valence electrons. The van der Waals surface area contributed by atoms with Gasteiger partial charge in [0.2, 0.25) is 0 Å². The van der Waals surface area contributed by atoms with Gasteiger partial charge in [0.05, 0.1) is 13.2 Å². The number of alkyl halides is 1. The van der Waals surface area contributed by atoms with Crippen LogP contribution in [0.3, 0.4) is 0 Å². The largest absolute Gasteiger partial charge is 0.465 e. The fourth-order valence-electron chi connectivity index (χ4n) is 3.46. The third-order valence-corrected chi connectivity index (χ3v) is 7.00. The summed E-state index contributed by atoms with van der Waals surface area (Å²) in [6.07, 6.45) is -3.19. The van der Waals surface area contributed by atoms with E-state index in [4.69, 9.17) is 18.5 Å². The van der Waals surface area contributed by atoms with Crippen LogP contribution in [0.2, 0.25) is 0 Å². The molecular formula is C22H29FN3O9P. The summed E-state index contributed by atoms with van der Waals surface area (Å²) in [4.78, 5) is 37.7. The minimum Gasteiger partial charge on any atom is -0.465 e. The summed E-state index contributed by atoms with van der Waals surface area (Å²) < 4.78 is 51.3. The second kappa shape index (κ2) is 11.5. The van der Waals surface area contributed by atoms with Gasteiger partial charge in [-0.15, -0.1) is 0 Å². The molecule has 1 saturated heterocycles. The average Bonchev–Trinajstić information content (AvgIpc) is 3.05. The van der Waals surface area contributed by atoms with Crippen molar-refractivity contribution < 1.29 is 37.4 Å². The molecule has 1 aromatic carbocycles. The number of hydrogen-bond donors (Lipinski definition) is 3. The Morgan fingerprint density at radius 3 is 2.67 bits per heavy atom. The average molecular weight is 529 g/mol. The Labute approximate surface area is 205 Å². The van der Waals surface area contributed by atoms with Crippen molar-refractivity contribution in [1.29, 1.82) is 0 Å². The number of nitrogens with one attached hydrogen (secondary N) is 2. The van der Waals surface area contributed by atoms with Gasteiger partial charge < -0.3 is 19.1 Å². The van der Waals surface area contributed by atoms with Crippen molar-refractivity contribution in [1.82, 2.24) is 14.6 Å².